The molecule has 0 bridgehead atoms. The van der Waals surface area contributed by atoms with E-state index in [0.717, 1.165) is 0 Å². The lowest BCUT2D eigenvalue weighted by Gasteiger charge is -2.21. The molecule has 2 rings (SSSR count). The van der Waals surface area contributed by atoms with Crippen LogP contribution < -0.4 is 15.2 Å². The van der Waals surface area contributed by atoms with Crippen molar-refractivity contribution in [1.82, 2.24) is 0 Å². The summed E-state index contributed by atoms with van der Waals surface area (Å²) in [5.41, 5.74) is 5.28. The third-order valence-corrected chi connectivity index (χ3v) is 4.26. The van der Waals surface area contributed by atoms with Crippen LogP contribution in [0.5, 0.6) is 11.5 Å². The van der Waals surface area contributed by atoms with E-state index in [0.29, 0.717) is 17.1 Å². The molecule has 0 saturated carbocycles. The molecule has 7 heteroatoms. The number of aryl methyl sites for hydroxylation is 1. The second kappa shape index (κ2) is 7.27. The predicted octanol–water partition coefficient (Wildman–Crippen LogP) is 4.36. The Hall–Kier alpha value is -2.70. The van der Waals surface area contributed by atoms with Gasteiger partial charge in [0.15, 0.2) is 11.5 Å². The van der Waals surface area contributed by atoms with Gasteiger partial charge in [0.2, 0.25) is 5.91 Å². The fraction of sp³-hybridized carbons (Fsp3) is 0.316. The summed E-state index contributed by atoms with van der Waals surface area (Å²) in [6.07, 6.45) is -4.42. The largest absolute Gasteiger partial charge is 0.493 e. The van der Waals surface area contributed by atoms with Gasteiger partial charge in [-0.05, 0) is 53.8 Å². The standard InChI is InChI=1S/C19H20F3NO3/c1-5-11-8-13(18(23)24)16(10(2)17(11)19(20,21)22)12-6-7-14(25-3)15(9-12)26-4/h6-9H,5H2,1-4H3,(H2,23,24). The number of hydrogen-bond acceptors (Lipinski definition) is 3. The van der Waals surface area contributed by atoms with E-state index >= 15 is 0 Å². The maximum absolute atomic E-state index is 13.6. The number of ether oxygens (including phenoxy) is 2. The van der Waals surface area contributed by atoms with Crippen molar-refractivity contribution in [3.63, 3.8) is 0 Å². The van der Waals surface area contributed by atoms with Crippen molar-refractivity contribution in [2.75, 3.05) is 14.2 Å². The summed E-state index contributed by atoms with van der Waals surface area (Å²) in [5.74, 6) is -0.0231. The third kappa shape index (κ3) is 3.47. The second-order valence-corrected chi connectivity index (χ2v) is 5.74. The predicted molar refractivity (Wildman–Crippen MR) is 92.6 cm³/mol. The van der Waals surface area contributed by atoms with Crippen LogP contribution in [0.4, 0.5) is 13.2 Å². The number of benzene rings is 2. The molecule has 2 N–H and O–H groups in total. The van der Waals surface area contributed by atoms with Gasteiger partial charge in [-0.25, -0.2) is 0 Å². The Labute approximate surface area is 149 Å². The Balaban J connectivity index is 2.89. The SMILES string of the molecule is CCc1cc(C(N)=O)c(-c2ccc(OC)c(OC)c2)c(C)c1C(F)(F)F. The van der Waals surface area contributed by atoms with Crippen LogP contribution in [0.15, 0.2) is 24.3 Å². The number of amides is 1. The first-order chi connectivity index (χ1) is 12.1. The normalized spacial score (nSPS) is 11.3. The molecule has 0 aromatic heterocycles. The van der Waals surface area contributed by atoms with Crippen molar-refractivity contribution < 1.29 is 27.4 Å². The Morgan fingerprint density at radius 1 is 1.12 bits per heavy atom. The van der Waals surface area contributed by atoms with E-state index in [1.165, 1.54) is 33.3 Å². The van der Waals surface area contributed by atoms with Gasteiger partial charge in [-0.2, -0.15) is 13.2 Å². The summed E-state index contributed by atoms with van der Waals surface area (Å²) in [6.45, 7) is 2.95. The highest BCUT2D eigenvalue weighted by molar-refractivity contribution is 6.01. The molecule has 26 heavy (non-hydrogen) atoms. The molecule has 0 fully saturated rings. The van der Waals surface area contributed by atoms with Crippen LogP contribution in [0.3, 0.4) is 0 Å². The maximum atomic E-state index is 13.6. The molecule has 2 aromatic carbocycles. The monoisotopic (exact) mass is 367 g/mol. The number of primary amides is 1. The molecule has 0 saturated heterocycles. The Morgan fingerprint density at radius 2 is 1.73 bits per heavy atom. The quantitative estimate of drug-likeness (QED) is 0.854. The zero-order valence-electron chi connectivity index (χ0n) is 15.0. The van der Waals surface area contributed by atoms with Crippen molar-refractivity contribution in [3.05, 3.63) is 46.5 Å². The molecule has 0 atom stereocenters. The lowest BCUT2D eigenvalue weighted by molar-refractivity contribution is -0.138. The summed E-state index contributed by atoms with van der Waals surface area (Å²) in [6, 6.07) is 5.89. The summed E-state index contributed by atoms with van der Waals surface area (Å²) in [7, 11) is 2.88. The molecule has 140 valence electrons. The highest BCUT2D eigenvalue weighted by Crippen LogP contribution is 2.42. The summed E-state index contributed by atoms with van der Waals surface area (Å²) < 4.78 is 51.3. The zero-order valence-corrected chi connectivity index (χ0v) is 15.0. The third-order valence-electron chi connectivity index (χ3n) is 4.26. The van der Waals surface area contributed by atoms with Gasteiger partial charge in [0.1, 0.15) is 0 Å². The number of carbonyl (C=O) groups is 1. The minimum Gasteiger partial charge on any atom is -0.493 e. The molecule has 0 unspecified atom stereocenters. The van der Waals surface area contributed by atoms with Crippen molar-refractivity contribution in [2.45, 2.75) is 26.4 Å². The van der Waals surface area contributed by atoms with Gasteiger partial charge < -0.3 is 15.2 Å². The average molecular weight is 367 g/mol. The minimum absolute atomic E-state index is 0.0352. The fourth-order valence-electron chi connectivity index (χ4n) is 3.12. The van der Waals surface area contributed by atoms with E-state index in [2.05, 4.69) is 0 Å². The fourth-order valence-corrected chi connectivity index (χ4v) is 3.12. The van der Waals surface area contributed by atoms with Crippen LogP contribution in [-0.2, 0) is 12.6 Å². The van der Waals surface area contributed by atoms with Gasteiger partial charge >= 0.3 is 6.18 Å². The van der Waals surface area contributed by atoms with Gasteiger partial charge in [0.05, 0.1) is 19.8 Å². The summed E-state index contributed by atoms with van der Waals surface area (Å²) >= 11 is 0. The van der Waals surface area contributed by atoms with Crippen molar-refractivity contribution in [3.8, 4) is 22.6 Å². The van der Waals surface area contributed by atoms with Crippen molar-refractivity contribution in [2.24, 2.45) is 5.73 Å². The number of carbonyl (C=O) groups excluding carboxylic acids is 1. The minimum atomic E-state index is -4.54. The Bertz CT molecular complexity index is 845. The van der Waals surface area contributed by atoms with Gasteiger partial charge in [0.25, 0.3) is 0 Å². The molecule has 0 radical (unpaired) electrons. The molecule has 0 aliphatic carbocycles. The van der Waals surface area contributed by atoms with E-state index in [1.54, 1.807) is 19.1 Å². The molecular weight excluding hydrogens is 347 g/mol. The van der Waals surface area contributed by atoms with E-state index in [-0.39, 0.29) is 28.7 Å². The van der Waals surface area contributed by atoms with Crippen LogP contribution in [0, 0.1) is 6.92 Å². The first-order valence-electron chi connectivity index (χ1n) is 7.91. The number of hydrogen-bond donors (Lipinski definition) is 1. The maximum Gasteiger partial charge on any atom is 0.416 e. The highest BCUT2D eigenvalue weighted by atomic mass is 19.4. The first kappa shape index (κ1) is 19.6. The molecule has 0 heterocycles. The van der Waals surface area contributed by atoms with Crippen LogP contribution in [0.2, 0.25) is 0 Å². The van der Waals surface area contributed by atoms with Crippen molar-refractivity contribution in [1.29, 1.82) is 0 Å². The molecule has 4 nitrogen and oxygen atoms in total. The van der Waals surface area contributed by atoms with Crippen LogP contribution in [0.25, 0.3) is 11.1 Å². The first-order valence-corrected chi connectivity index (χ1v) is 7.91. The lowest BCUT2D eigenvalue weighted by atomic mass is 9.87. The van der Waals surface area contributed by atoms with Crippen molar-refractivity contribution >= 4 is 5.91 Å². The van der Waals surface area contributed by atoms with E-state index in [1.807, 2.05) is 0 Å². The van der Waals surface area contributed by atoms with Crippen LogP contribution >= 0.6 is 0 Å². The number of methoxy groups -OCH3 is 2. The van der Waals surface area contributed by atoms with Gasteiger partial charge in [-0.15, -0.1) is 0 Å². The number of rotatable bonds is 5. The van der Waals surface area contributed by atoms with Gasteiger partial charge in [0, 0.05) is 5.56 Å². The van der Waals surface area contributed by atoms with E-state index < -0.39 is 17.6 Å². The highest BCUT2D eigenvalue weighted by Gasteiger charge is 2.37. The molecule has 0 aliphatic heterocycles. The molecule has 0 aliphatic rings. The molecular formula is C19H20F3NO3. The van der Waals surface area contributed by atoms with E-state index in [4.69, 9.17) is 15.2 Å². The second-order valence-electron chi connectivity index (χ2n) is 5.74. The smallest absolute Gasteiger partial charge is 0.416 e. The van der Waals surface area contributed by atoms with Gasteiger partial charge in [-0.3, -0.25) is 4.79 Å². The number of halogens is 3. The Kier molecular flexibility index (Phi) is 5.49. The topological polar surface area (TPSA) is 61.6 Å². The lowest BCUT2D eigenvalue weighted by Crippen LogP contribution is -2.18. The molecule has 1 amide bonds. The van der Waals surface area contributed by atoms with Crippen LogP contribution in [-0.4, -0.2) is 20.1 Å². The summed E-state index contributed by atoms with van der Waals surface area (Å²) in [5, 5.41) is 0. The van der Waals surface area contributed by atoms with Gasteiger partial charge in [-0.1, -0.05) is 13.0 Å². The zero-order chi connectivity index (χ0) is 19.6. The number of alkyl halides is 3. The molecule has 2 aromatic rings. The average Bonchev–Trinajstić information content (AvgIpc) is 2.58. The number of nitrogens with two attached hydrogens (primary N) is 1. The van der Waals surface area contributed by atoms with E-state index in [9.17, 15) is 18.0 Å². The Morgan fingerprint density at radius 3 is 2.19 bits per heavy atom. The summed E-state index contributed by atoms with van der Waals surface area (Å²) in [4.78, 5) is 11.9. The van der Waals surface area contributed by atoms with Crippen LogP contribution in [0.1, 0.15) is 34.0 Å². The molecule has 0 spiro atoms.